The maximum Gasteiger partial charge on any atom is 0.306 e. The summed E-state index contributed by atoms with van der Waals surface area (Å²) in [5.41, 5.74) is 5.68. The van der Waals surface area contributed by atoms with Crippen LogP contribution in [-0.4, -0.2) is 23.0 Å². The summed E-state index contributed by atoms with van der Waals surface area (Å²) in [6, 6.07) is 0. The van der Waals surface area contributed by atoms with Crippen molar-refractivity contribution in [2.45, 2.75) is 36.5 Å². The zero-order valence-electron chi connectivity index (χ0n) is 9.25. The van der Waals surface area contributed by atoms with E-state index in [4.69, 9.17) is 10.5 Å². The maximum absolute atomic E-state index is 11.3. The van der Waals surface area contributed by atoms with Crippen LogP contribution in [0.4, 0.5) is 0 Å². The Morgan fingerprint density at radius 1 is 1.60 bits per heavy atom. The van der Waals surface area contributed by atoms with Gasteiger partial charge < -0.3 is 10.5 Å². The number of carbonyl (C=O) groups is 1. The number of carbonyl (C=O) groups excluding carboxylic acids is 1. The van der Waals surface area contributed by atoms with Gasteiger partial charge in [-0.2, -0.15) is 0 Å². The van der Waals surface area contributed by atoms with Gasteiger partial charge in [0, 0.05) is 10.3 Å². The minimum Gasteiger partial charge on any atom is -0.466 e. The Morgan fingerprint density at radius 3 is 2.73 bits per heavy atom. The van der Waals surface area contributed by atoms with E-state index in [9.17, 15) is 4.79 Å². The van der Waals surface area contributed by atoms with Crippen molar-refractivity contribution in [3.8, 4) is 0 Å². The standard InChI is InChI=1S/C11H20INO2/c1-2-15-11(14)6-8(7-13)5-9-3-4-10(9)12/h8-10H,2-7,13H2,1H3/t8?,9-,10+/m0/s1. The van der Waals surface area contributed by atoms with Crippen LogP contribution in [0, 0.1) is 11.8 Å². The second-order valence-corrected chi connectivity index (χ2v) is 5.80. The van der Waals surface area contributed by atoms with Gasteiger partial charge in [0.25, 0.3) is 0 Å². The Morgan fingerprint density at radius 2 is 2.33 bits per heavy atom. The summed E-state index contributed by atoms with van der Waals surface area (Å²) in [6.45, 7) is 2.90. The van der Waals surface area contributed by atoms with Crippen molar-refractivity contribution in [2.75, 3.05) is 13.2 Å². The molecule has 0 aromatic carbocycles. The molecule has 1 aliphatic carbocycles. The lowest BCUT2D eigenvalue weighted by Gasteiger charge is -2.34. The quantitative estimate of drug-likeness (QED) is 0.462. The predicted octanol–water partition coefficient (Wildman–Crippen LogP) is 2.12. The number of hydrogen-bond donors (Lipinski definition) is 1. The van der Waals surface area contributed by atoms with Crippen molar-refractivity contribution in [3.05, 3.63) is 0 Å². The second kappa shape index (κ2) is 6.68. The van der Waals surface area contributed by atoms with Crippen molar-refractivity contribution < 1.29 is 9.53 Å². The predicted molar refractivity (Wildman–Crippen MR) is 68.9 cm³/mol. The minimum absolute atomic E-state index is 0.0997. The fourth-order valence-electron chi connectivity index (χ4n) is 1.94. The van der Waals surface area contributed by atoms with Gasteiger partial charge in [-0.3, -0.25) is 4.79 Å². The molecule has 0 spiro atoms. The van der Waals surface area contributed by atoms with Crippen LogP contribution >= 0.6 is 22.6 Å². The van der Waals surface area contributed by atoms with Crippen molar-refractivity contribution in [1.82, 2.24) is 0 Å². The van der Waals surface area contributed by atoms with Crippen LogP contribution in [0.25, 0.3) is 0 Å². The largest absolute Gasteiger partial charge is 0.466 e. The van der Waals surface area contributed by atoms with E-state index in [-0.39, 0.29) is 5.97 Å². The van der Waals surface area contributed by atoms with Crippen molar-refractivity contribution in [3.63, 3.8) is 0 Å². The summed E-state index contributed by atoms with van der Waals surface area (Å²) in [7, 11) is 0. The molecule has 0 aromatic heterocycles. The van der Waals surface area contributed by atoms with E-state index in [2.05, 4.69) is 22.6 Å². The zero-order valence-corrected chi connectivity index (χ0v) is 11.4. The number of nitrogens with two attached hydrogens (primary N) is 1. The molecule has 0 aliphatic heterocycles. The molecule has 0 saturated heterocycles. The molecule has 3 nitrogen and oxygen atoms in total. The third-order valence-electron chi connectivity index (χ3n) is 3.05. The fourth-order valence-corrected chi connectivity index (χ4v) is 2.95. The highest BCUT2D eigenvalue weighted by Crippen LogP contribution is 2.38. The summed E-state index contributed by atoms with van der Waals surface area (Å²) >= 11 is 2.50. The lowest BCUT2D eigenvalue weighted by Crippen LogP contribution is -2.31. The third-order valence-corrected chi connectivity index (χ3v) is 4.69. The summed E-state index contributed by atoms with van der Waals surface area (Å²) in [5, 5.41) is 0. The average molecular weight is 325 g/mol. The van der Waals surface area contributed by atoms with E-state index < -0.39 is 0 Å². The number of hydrogen-bond acceptors (Lipinski definition) is 3. The number of alkyl halides is 1. The topological polar surface area (TPSA) is 52.3 Å². The molecule has 88 valence electrons. The highest BCUT2D eigenvalue weighted by atomic mass is 127. The van der Waals surface area contributed by atoms with Crippen LogP contribution in [0.2, 0.25) is 0 Å². The van der Waals surface area contributed by atoms with Crippen LogP contribution in [0.1, 0.15) is 32.6 Å². The SMILES string of the molecule is CCOC(=O)CC(CN)C[C@@H]1CC[C@H]1I. The van der Waals surface area contributed by atoms with Gasteiger partial charge in [-0.25, -0.2) is 0 Å². The molecule has 1 saturated carbocycles. The van der Waals surface area contributed by atoms with Crippen LogP contribution < -0.4 is 5.73 Å². The third kappa shape index (κ3) is 4.26. The lowest BCUT2D eigenvalue weighted by molar-refractivity contribution is -0.144. The molecule has 1 aliphatic rings. The molecule has 3 atom stereocenters. The first-order valence-electron chi connectivity index (χ1n) is 5.67. The number of rotatable bonds is 6. The van der Waals surface area contributed by atoms with Crippen LogP contribution in [-0.2, 0) is 9.53 Å². The molecule has 0 radical (unpaired) electrons. The molecular weight excluding hydrogens is 305 g/mol. The molecule has 0 heterocycles. The summed E-state index contributed by atoms with van der Waals surface area (Å²) in [5.74, 6) is 0.984. The summed E-state index contributed by atoms with van der Waals surface area (Å²) in [6.07, 6.45) is 4.20. The van der Waals surface area contributed by atoms with Crippen LogP contribution in [0.3, 0.4) is 0 Å². The summed E-state index contributed by atoms with van der Waals surface area (Å²) < 4.78 is 5.73. The minimum atomic E-state index is -0.0997. The van der Waals surface area contributed by atoms with E-state index in [1.807, 2.05) is 6.92 Å². The first-order chi connectivity index (χ1) is 7.17. The van der Waals surface area contributed by atoms with Gasteiger partial charge in [0.1, 0.15) is 0 Å². The van der Waals surface area contributed by atoms with Crippen LogP contribution in [0.15, 0.2) is 0 Å². The molecule has 0 aromatic rings. The summed E-state index contributed by atoms with van der Waals surface area (Å²) in [4.78, 5) is 11.3. The fraction of sp³-hybridized carbons (Fsp3) is 0.909. The van der Waals surface area contributed by atoms with Crippen LogP contribution in [0.5, 0.6) is 0 Å². The second-order valence-electron chi connectivity index (χ2n) is 4.20. The molecule has 1 fully saturated rings. The van der Waals surface area contributed by atoms with Crippen molar-refractivity contribution in [1.29, 1.82) is 0 Å². The zero-order chi connectivity index (χ0) is 11.3. The smallest absolute Gasteiger partial charge is 0.306 e. The average Bonchev–Trinajstić information content (AvgIpc) is 2.22. The van der Waals surface area contributed by atoms with E-state index in [0.717, 1.165) is 16.3 Å². The van der Waals surface area contributed by atoms with E-state index in [0.29, 0.717) is 25.5 Å². The highest BCUT2D eigenvalue weighted by Gasteiger charge is 2.30. The lowest BCUT2D eigenvalue weighted by atomic mass is 9.78. The maximum atomic E-state index is 11.3. The van der Waals surface area contributed by atoms with E-state index >= 15 is 0 Å². The Balaban J connectivity index is 2.25. The molecule has 2 N–H and O–H groups in total. The Kier molecular flexibility index (Phi) is 5.89. The van der Waals surface area contributed by atoms with Gasteiger partial charge in [-0.05, 0) is 44.6 Å². The first-order valence-corrected chi connectivity index (χ1v) is 6.91. The van der Waals surface area contributed by atoms with Crippen molar-refractivity contribution >= 4 is 28.6 Å². The Labute approximate surface area is 105 Å². The number of halogens is 1. The molecule has 1 rings (SSSR count). The molecule has 1 unspecified atom stereocenters. The number of esters is 1. The van der Waals surface area contributed by atoms with Gasteiger partial charge >= 0.3 is 5.97 Å². The molecular formula is C11H20INO2. The molecule has 15 heavy (non-hydrogen) atoms. The van der Waals surface area contributed by atoms with E-state index in [1.165, 1.54) is 12.8 Å². The Hall–Kier alpha value is 0.160. The van der Waals surface area contributed by atoms with Gasteiger partial charge in [0.15, 0.2) is 0 Å². The Bertz CT molecular complexity index is 211. The van der Waals surface area contributed by atoms with Gasteiger partial charge in [-0.1, -0.05) is 22.6 Å². The van der Waals surface area contributed by atoms with Crippen molar-refractivity contribution in [2.24, 2.45) is 17.6 Å². The first kappa shape index (κ1) is 13.2. The highest BCUT2D eigenvalue weighted by molar-refractivity contribution is 14.1. The molecule has 0 bridgehead atoms. The number of ether oxygens (including phenoxy) is 1. The van der Waals surface area contributed by atoms with E-state index in [1.54, 1.807) is 0 Å². The molecule has 0 amide bonds. The monoisotopic (exact) mass is 325 g/mol. The normalized spacial score (nSPS) is 26.9. The van der Waals surface area contributed by atoms with Gasteiger partial charge in [0.2, 0.25) is 0 Å². The van der Waals surface area contributed by atoms with Gasteiger partial charge in [-0.15, -0.1) is 0 Å². The molecule has 4 heteroatoms. The van der Waals surface area contributed by atoms with Gasteiger partial charge in [0.05, 0.1) is 6.61 Å².